The molecule has 1 aromatic carbocycles. The highest BCUT2D eigenvalue weighted by Gasteiger charge is 2.06. The van der Waals surface area contributed by atoms with E-state index in [9.17, 15) is 4.79 Å². The number of pyridine rings is 1. The van der Waals surface area contributed by atoms with Crippen molar-refractivity contribution in [1.29, 1.82) is 0 Å². The number of thiazole rings is 1. The first-order valence-corrected chi connectivity index (χ1v) is 8.57. The summed E-state index contributed by atoms with van der Waals surface area (Å²) < 4.78 is 0. The Labute approximate surface area is 148 Å². The smallest absolute Gasteiger partial charge is 0.246 e. The number of nitrogens with one attached hydrogen (secondary N) is 1. The summed E-state index contributed by atoms with van der Waals surface area (Å²) in [6, 6.07) is 7.86. The number of hydrogen-bond acceptors (Lipinski definition) is 5. The first kappa shape index (κ1) is 16.5. The summed E-state index contributed by atoms with van der Waals surface area (Å²) in [6.07, 6.45) is 1.71. The lowest BCUT2D eigenvalue weighted by atomic mass is 10.1. The zero-order valence-corrected chi connectivity index (χ0v) is 14.8. The number of halogens is 1. The Bertz CT molecular complexity index is 935. The van der Waals surface area contributed by atoms with E-state index in [4.69, 9.17) is 11.6 Å². The first-order valence-electron chi connectivity index (χ1n) is 7.31. The third kappa shape index (κ3) is 3.96. The van der Waals surface area contributed by atoms with Crippen molar-refractivity contribution >= 4 is 46.0 Å². The van der Waals surface area contributed by atoms with Gasteiger partial charge in [-0.1, -0.05) is 23.7 Å². The highest BCUT2D eigenvalue weighted by molar-refractivity contribution is 7.09. The van der Waals surface area contributed by atoms with E-state index in [1.807, 2.05) is 43.5 Å². The number of hydrogen-bond donors (Lipinski definition) is 1. The third-order valence-electron chi connectivity index (χ3n) is 3.33. The SMILES string of the molecule is Cc1ccc2cc(/C=N\NC(=O)Cc3nc(C)cs3)c(Cl)nc2c1. The molecule has 0 unspecified atom stereocenters. The van der Waals surface area contributed by atoms with Crippen LogP contribution in [0.5, 0.6) is 0 Å². The lowest BCUT2D eigenvalue weighted by Crippen LogP contribution is -2.19. The summed E-state index contributed by atoms with van der Waals surface area (Å²) in [5.74, 6) is -0.221. The summed E-state index contributed by atoms with van der Waals surface area (Å²) in [5.41, 5.74) is 6.00. The van der Waals surface area contributed by atoms with E-state index < -0.39 is 0 Å². The molecule has 1 N–H and O–H groups in total. The molecule has 0 fully saturated rings. The van der Waals surface area contributed by atoms with E-state index in [0.29, 0.717) is 10.7 Å². The predicted octanol–water partition coefficient (Wildman–Crippen LogP) is 3.65. The Morgan fingerprint density at radius 2 is 2.17 bits per heavy atom. The van der Waals surface area contributed by atoms with E-state index in [0.717, 1.165) is 27.2 Å². The number of aryl methyl sites for hydroxylation is 2. The van der Waals surface area contributed by atoms with Crippen LogP contribution in [0.2, 0.25) is 5.15 Å². The second-order valence-corrected chi connectivity index (χ2v) is 6.72. The molecule has 3 rings (SSSR count). The van der Waals surface area contributed by atoms with Crippen molar-refractivity contribution in [3.63, 3.8) is 0 Å². The Morgan fingerprint density at radius 1 is 1.33 bits per heavy atom. The van der Waals surface area contributed by atoms with Crippen molar-refractivity contribution in [2.45, 2.75) is 20.3 Å². The number of nitrogens with zero attached hydrogens (tertiary/aromatic N) is 3. The summed E-state index contributed by atoms with van der Waals surface area (Å²) >= 11 is 7.64. The van der Waals surface area contributed by atoms with Gasteiger partial charge in [-0.15, -0.1) is 11.3 Å². The fraction of sp³-hybridized carbons (Fsp3) is 0.176. The van der Waals surface area contributed by atoms with Gasteiger partial charge in [-0.2, -0.15) is 5.10 Å². The Hall–Kier alpha value is -2.31. The van der Waals surface area contributed by atoms with Crippen molar-refractivity contribution in [3.05, 3.63) is 56.6 Å². The molecule has 2 aromatic heterocycles. The molecule has 7 heteroatoms. The number of aromatic nitrogens is 2. The van der Waals surface area contributed by atoms with Crippen LogP contribution in [0.1, 0.15) is 21.8 Å². The summed E-state index contributed by atoms with van der Waals surface area (Å²) in [4.78, 5) is 20.4. The molecule has 3 aromatic rings. The Kier molecular flexibility index (Phi) is 4.87. The zero-order valence-electron chi connectivity index (χ0n) is 13.2. The molecule has 0 spiro atoms. The number of hydrazone groups is 1. The average Bonchev–Trinajstić information content (AvgIpc) is 2.93. The molecule has 0 aliphatic heterocycles. The first-order chi connectivity index (χ1) is 11.5. The van der Waals surface area contributed by atoms with Crippen molar-refractivity contribution in [3.8, 4) is 0 Å². The average molecular weight is 359 g/mol. The molecular weight excluding hydrogens is 344 g/mol. The monoisotopic (exact) mass is 358 g/mol. The molecule has 0 radical (unpaired) electrons. The van der Waals surface area contributed by atoms with Crippen molar-refractivity contribution in [1.82, 2.24) is 15.4 Å². The van der Waals surface area contributed by atoms with Gasteiger partial charge in [0.25, 0.3) is 0 Å². The van der Waals surface area contributed by atoms with Crippen LogP contribution in [0, 0.1) is 13.8 Å². The molecule has 122 valence electrons. The highest BCUT2D eigenvalue weighted by Crippen LogP contribution is 2.20. The molecule has 0 saturated heterocycles. The van der Waals surface area contributed by atoms with Gasteiger partial charge < -0.3 is 0 Å². The van der Waals surface area contributed by atoms with Crippen molar-refractivity contribution in [2.24, 2.45) is 5.10 Å². The number of rotatable bonds is 4. The van der Waals surface area contributed by atoms with Gasteiger partial charge in [-0.3, -0.25) is 4.79 Å². The molecule has 5 nitrogen and oxygen atoms in total. The third-order valence-corrected chi connectivity index (χ3v) is 4.59. The molecule has 2 heterocycles. The van der Waals surface area contributed by atoms with Crippen molar-refractivity contribution in [2.75, 3.05) is 0 Å². The van der Waals surface area contributed by atoms with Crippen LogP contribution in [-0.2, 0) is 11.2 Å². The van der Waals surface area contributed by atoms with Crippen LogP contribution in [0.3, 0.4) is 0 Å². The molecule has 0 bridgehead atoms. The van der Waals surface area contributed by atoms with Crippen LogP contribution in [0.4, 0.5) is 0 Å². The van der Waals surface area contributed by atoms with Gasteiger partial charge in [-0.05, 0) is 31.5 Å². The van der Waals surface area contributed by atoms with E-state index in [1.165, 1.54) is 17.6 Å². The van der Waals surface area contributed by atoms with Gasteiger partial charge in [0.2, 0.25) is 5.91 Å². The summed E-state index contributed by atoms with van der Waals surface area (Å²) in [5, 5.41) is 7.95. The maximum atomic E-state index is 11.8. The van der Waals surface area contributed by atoms with Crippen LogP contribution < -0.4 is 5.43 Å². The topological polar surface area (TPSA) is 67.2 Å². The normalized spacial score (nSPS) is 11.3. The van der Waals surface area contributed by atoms with Crippen LogP contribution in [-0.4, -0.2) is 22.1 Å². The largest absolute Gasteiger partial charge is 0.273 e. The predicted molar refractivity (Wildman–Crippen MR) is 97.8 cm³/mol. The van der Waals surface area contributed by atoms with Gasteiger partial charge in [0.05, 0.1) is 18.2 Å². The Morgan fingerprint density at radius 3 is 2.92 bits per heavy atom. The van der Waals surface area contributed by atoms with E-state index >= 15 is 0 Å². The molecule has 0 aliphatic carbocycles. The number of carbonyl (C=O) groups excluding carboxylic acids is 1. The van der Waals surface area contributed by atoms with Gasteiger partial charge in [0.1, 0.15) is 10.2 Å². The summed E-state index contributed by atoms with van der Waals surface area (Å²) in [7, 11) is 0. The zero-order chi connectivity index (χ0) is 17.1. The fourth-order valence-corrected chi connectivity index (χ4v) is 3.16. The molecular formula is C17H15ClN4OS. The molecule has 0 atom stereocenters. The van der Waals surface area contributed by atoms with Crippen LogP contribution >= 0.6 is 22.9 Å². The second-order valence-electron chi connectivity index (χ2n) is 5.42. The second kappa shape index (κ2) is 7.07. The maximum Gasteiger partial charge on any atom is 0.246 e. The van der Waals surface area contributed by atoms with E-state index in [2.05, 4.69) is 20.5 Å². The van der Waals surface area contributed by atoms with E-state index in [-0.39, 0.29) is 12.3 Å². The number of fused-ring (bicyclic) bond motifs is 1. The van der Waals surface area contributed by atoms with Gasteiger partial charge in [-0.25, -0.2) is 15.4 Å². The number of carbonyl (C=O) groups is 1. The Balaban J connectivity index is 1.69. The minimum Gasteiger partial charge on any atom is -0.273 e. The summed E-state index contributed by atoms with van der Waals surface area (Å²) in [6.45, 7) is 3.90. The standard InChI is InChI=1S/C17H15ClN4OS/c1-10-3-4-12-6-13(17(18)21-14(12)5-10)8-19-22-15(23)7-16-20-11(2)9-24-16/h3-6,8-9H,7H2,1-2H3,(H,22,23)/b19-8-. The minimum atomic E-state index is -0.221. The molecule has 24 heavy (non-hydrogen) atoms. The maximum absolute atomic E-state index is 11.8. The van der Waals surface area contributed by atoms with Gasteiger partial charge >= 0.3 is 0 Å². The highest BCUT2D eigenvalue weighted by atomic mass is 35.5. The molecule has 0 aliphatic rings. The minimum absolute atomic E-state index is 0.207. The molecule has 1 amide bonds. The van der Waals surface area contributed by atoms with Gasteiger partial charge in [0, 0.05) is 22.0 Å². The lowest BCUT2D eigenvalue weighted by Gasteiger charge is -2.03. The number of benzene rings is 1. The van der Waals surface area contributed by atoms with Crippen LogP contribution in [0.15, 0.2) is 34.7 Å². The molecule has 0 saturated carbocycles. The van der Waals surface area contributed by atoms with Gasteiger partial charge in [0.15, 0.2) is 0 Å². The van der Waals surface area contributed by atoms with Crippen molar-refractivity contribution < 1.29 is 4.79 Å². The van der Waals surface area contributed by atoms with Crippen LogP contribution in [0.25, 0.3) is 10.9 Å². The lowest BCUT2D eigenvalue weighted by molar-refractivity contribution is -0.120. The number of amides is 1. The fourth-order valence-electron chi connectivity index (χ4n) is 2.20. The quantitative estimate of drug-likeness (QED) is 0.439. The van der Waals surface area contributed by atoms with E-state index in [1.54, 1.807) is 0 Å².